The lowest BCUT2D eigenvalue weighted by molar-refractivity contribution is -0.145. The highest BCUT2D eigenvalue weighted by molar-refractivity contribution is 5.92. The maximum absolute atomic E-state index is 12.1. The van der Waals surface area contributed by atoms with Crippen LogP contribution in [0.4, 0.5) is 0 Å². The second-order valence-electron chi connectivity index (χ2n) is 6.80. The molecule has 1 aliphatic carbocycles. The van der Waals surface area contributed by atoms with Crippen molar-refractivity contribution in [2.24, 2.45) is 5.92 Å². The van der Waals surface area contributed by atoms with Gasteiger partial charge < -0.3 is 19.5 Å². The van der Waals surface area contributed by atoms with E-state index >= 15 is 0 Å². The lowest BCUT2D eigenvalue weighted by Crippen LogP contribution is -2.36. The molecular formula is C21H29NO5. The average molecular weight is 375 g/mol. The molecule has 1 aromatic rings. The minimum atomic E-state index is -0.433. The summed E-state index contributed by atoms with van der Waals surface area (Å²) in [6.07, 6.45) is 7.69. The summed E-state index contributed by atoms with van der Waals surface area (Å²) in [5.74, 6) is 1.17. The van der Waals surface area contributed by atoms with Crippen molar-refractivity contribution < 1.29 is 23.8 Å². The van der Waals surface area contributed by atoms with Gasteiger partial charge in [0.25, 0.3) is 0 Å². The number of hydrogen-bond acceptors (Lipinski definition) is 5. The summed E-state index contributed by atoms with van der Waals surface area (Å²) < 4.78 is 15.6. The highest BCUT2D eigenvalue weighted by atomic mass is 16.6. The quantitative estimate of drug-likeness (QED) is 0.557. The van der Waals surface area contributed by atoms with E-state index in [1.807, 2.05) is 0 Å². The largest absolute Gasteiger partial charge is 0.493 e. The molecule has 27 heavy (non-hydrogen) atoms. The van der Waals surface area contributed by atoms with Crippen molar-refractivity contribution in [1.29, 1.82) is 0 Å². The fourth-order valence-electron chi connectivity index (χ4n) is 3.07. The molecule has 148 valence electrons. The van der Waals surface area contributed by atoms with Gasteiger partial charge in [0.15, 0.2) is 18.1 Å². The zero-order valence-electron chi connectivity index (χ0n) is 16.3. The van der Waals surface area contributed by atoms with Crippen LogP contribution in [0.5, 0.6) is 11.5 Å². The monoisotopic (exact) mass is 375 g/mol. The standard InChI is InChI=1S/C21H29NO5/c1-4-26-21(24)14-27-18-11-7-16(13-19(18)25-3)8-12-20(23)22-17-9-5-15(2)6-10-17/h7-8,11-13,15,17H,4-6,9-10,14H2,1-3H3,(H,22,23)/b12-8+. The molecular weight excluding hydrogens is 346 g/mol. The smallest absolute Gasteiger partial charge is 0.344 e. The van der Waals surface area contributed by atoms with Gasteiger partial charge in [0.1, 0.15) is 0 Å². The zero-order chi connectivity index (χ0) is 19.6. The molecule has 1 aromatic carbocycles. The third-order valence-corrected chi connectivity index (χ3v) is 4.63. The van der Waals surface area contributed by atoms with E-state index in [1.165, 1.54) is 26.0 Å². The number of hydrogen-bond donors (Lipinski definition) is 1. The Morgan fingerprint density at radius 1 is 1.19 bits per heavy atom. The summed E-state index contributed by atoms with van der Waals surface area (Å²) in [6.45, 7) is 4.13. The van der Waals surface area contributed by atoms with E-state index in [1.54, 1.807) is 31.2 Å². The van der Waals surface area contributed by atoms with Crippen molar-refractivity contribution >= 4 is 18.0 Å². The number of methoxy groups -OCH3 is 1. The Kier molecular flexibility index (Phi) is 8.17. The number of amides is 1. The van der Waals surface area contributed by atoms with E-state index in [2.05, 4.69) is 12.2 Å². The van der Waals surface area contributed by atoms with E-state index in [0.717, 1.165) is 24.3 Å². The Bertz CT molecular complexity index is 663. The molecule has 1 N–H and O–H groups in total. The molecule has 6 heteroatoms. The van der Waals surface area contributed by atoms with Crippen LogP contribution >= 0.6 is 0 Å². The first-order chi connectivity index (χ1) is 13.0. The van der Waals surface area contributed by atoms with Crippen LogP contribution in [0.2, 0.25) is 0 Å². The summed E-state index contributed by atoms with van der Waals surface area (Å²) in [7, 11) is 1.52. The van der Waals surface area contributed by atoms with E-state index < -0.39 is 5.97 Å². The molecule has 0 heterocycles. The Hall–Kier alpha value is -2.50. The van der Waals surface area contributed by atoms with Crippen molar-refractivity contribution in [3.8, 4) is 11.5 Å². The summed E-state index contributed by atoms with van der Waals surface area (Å²) in [6, 6.07) is 5.53. The van der Waals surface area contributed by atoms with Gasteiger partial charge in [-0.05, 0) is 62.3 Å². The minimum absolute atomic E-state index is 0.0869. The molecule has 0 spiro atoms. The molecule has 0 aliphatic heterocycles. The van der Waals surface area contributed by atoms with Gasteiger partial charge in [0, 0.05) is 12.1 Å². The molecule has 6 nitrogen and oxygen atoms in total. The topological polar surface area (TPSA) is 73.9 Å². The Balaban J connectivity index is 1.90. The van der Waals surface area contributed by atoms with Gasteiger partial charge in [-0.25, -0.2) is 4.79 Å². The first-order valence-electron chi connectivity index (χ1n) is 9.46. The van der Waals surface area contributed by atoms with E-state index in [4.69, 9.17) is 14.2 Å². The van der Waals surface area contributed by atoms with Crippen LogP contribution in [-0.4, -0.2) is 38.2 Å². The molecule has 0 bridgehead atoms. The van der Waals surface area contributed by atoms with Crippen LogP contribution < -0.4 is 14.8 Å². The van der Waals surface area contributed by atoms with Gasteiger partial charge in [-0.15, -0.1) is 0 Å². The van der Waals surface area contributed by atoms with Gasteiger partial charge in [-0.3, -0.25) is 4.79 Å². The molecule has 0 atom stereocenters. The predicted molar refractivity (Wildman–Crippen MR) is 104 cm³/mol. The van der Waals surface area contributed by atoms with Crippen molar-refractivity contribution in [1.82, 2.24) is 5.32 Å². The molecule has 1 aliphatic rings. The molecule has 1 amide bonds. The summed E-state index contributed by atoms with van der Waals surface area (Å²) in [4.78, 5) is 23.5. The van der Waals surface area contributed by atoms with Gasteiger partial charge in [-0.1, -0.05) is 13.0 Å². The SMILES string of the molecule is CCOC(=O)COc1ccc(/C=C/C(=O)NC2CCC(C)CC2)cc1OC. The van der Waals surface area contributed by atoms with Crippen LogP contribution in [0.3, 0.4) is 0 Å². The zero-order valence-corrected chi connectivity index (χ0v) is 16.3. The fourth-order valence-corrected chi connectivity index (χ4v) is 3.07. The second kappa shape index (κ2) is 10.6. The van der Waals surface area contributed by atoms with Gasteiger partial charge in [0.05, 0.1) is 13.7 Å². The molecule has 0 saturated heterocycles. The van der Waals surface area contributed by atoms with Crippen LogP contribution in [0, 0.1) is 5.92 Å². The van der Waals surface area contributed by atoms with Gasteiger partial charge in [0.2, 0.25) is 5.91 Å². The van der Waals surface area contributed by atoms with Gasteiger partial charge in [-0.2, -0.15) is 0 Å². The summed E-state index contributed by atoms with van der Waals surface area (Å²) in [5.41, 5.74) is 0.808. The maximum atomic E-state index is 12.1. The summed E-state index contributed by atoms with van der Waals surface area (Å²) in [5, 5.41) is 3.06. The van der Waals surface area contributed by atoms with Crippen LogP contribution in [0.1, 0.15) is 45.1 Å². The first kappa shape index (κ1) is 20.8. The van der Waals surface area contributed by atoms with Gasteiger partial charge >= 0.3 is 5.97 Å². The summed E-state index contributed by atoms with van der Waals surface area (Å²) >= 11 is 0. The number of carbonyl (C=O) groups excluding carboxylic acids is 2. The van der Waals surface area contributed by atoms with E-state index in [9.17, 15) is 9.59 Å². The number of ether oxygens (including phenoxy) is 3. The molecule has 0 aromatic heterocycles. The van der Waals surface area contributed by atoms with Crippen LogP contribution in [-0.2, 0) is 14.3 Å². The average Bonchev–Trinajstić information content (AvgIpc) is 2.67. The van der Waals surface area contributed by atoms with Crippen LogP contribution in [0.25, 0.3) is 6.08 Å². The predicted octanol–water partition coefficient (Wildman–Crippen LogP) is 3.35. The molecule has 2 rings (SSSR count). The molecule has 1 saturated carbocycles. The maximum Gasteiger partial charge on any atom is 0.344 e. The first-order valence-corrected chi connectivity index (χ1v) is 9.46. The highest BCUT2D eigenvalue weighted by Crippen LogP contribution is 2.28. The molecule has 1 fully saturated rings. The molecule has 0 unspecified atom stereocenters. The third-order valence-electron chi connectivity index (χ3n) is 4.63. The number of nitrogens with one attached hydrogen (secondary N) is 1. The minimum Gasteiger partial charge on any atom is -0.493 e. The third kappa shape index (κ3) is 6.96. The van der Waals surface area contributed by atoms with E-state index in [-0.39, 0.29) is 18.6 Å². The van der Waals surface area contributed by atoms with Crippen molar-refractivity contribution in [3.63, 3.8) is 0 Å². The Morgan fingerprint density at radius 3 is 2.59 bits per heavy atom. The number of rotatable bonds is 8. The second-order valence-corrected chi connectivity index (χ2v) is 6.80. The fraction of sp³-hybridized carbons (Fsp3) is 0.524. The van der Waals surface area contributed by atoms with Crippen molar-refractivity contribution in [2.45, 2.75) is 45.6 Å². The van der Waals surface area contributed by atoms with Crippen molar-refractivity contribution in [2.75, 3.05) is 20.3 Å². The normalized spacial score (nSPS) is 19.5. The Morgan fingerprint density at radius 2 is 1.93 bits per heavy atom. The molecule has 0 radical (unpaired) electrons. The van der Waals surface area contributed by atoms with E-state index in [0.29, 0.717) is 18.1 Å². The number of benzene rings is 1. The number of carbonyl (C=O) groups is 2. The lowest BCUT2D eigenvalue weighted by Gasteiger charge is -2.26. The van der Waals surface area contributed by atoms with Crippen molar-refractivity contribution in [3.05, 3.63) is 29.8 Å². The highest BCUT2D eigenvalue weighted by Gasteiger charge is 2.18. The Labute approximate surface area is 160 Å². The van der Waals surface area contributed by atoms with Crippen LogP contribution in [0.15, 0.2) is 24.3 Å². The lowest BCUT2D eigenvalue weighted by atomic mass is 9.87. The number of esters is 1.